The van der Waals surface area contributed by atoms with E-state index in [1.165, 1.54) is 24.4 Å². The Bertz CT molecular complexity index is 1060. The van der Waals surface area contributed by atoms with Gasteiger partial charge in [-0.25, -0.2) is 14.3 Å². The third-order valence-corrected chi connectivity index (χ3v) is 6.36. The second kappa shape index (κ2) is 11.2. The summed E-state index contributed by atoms with van der Waals surface area (Å²) in [6.07, 6.45) is 6.85. The van der Waals surface area contributed by atoms with Crippen molar-refractivity contribution >= 4 is 12.0 Å². The van der Waals surface area contributed by atoms with Crippen LogP contribution in [0.25, 0.3) is 11.1 Å². The first kappa shape index (κ1) is 25.3. The van der Waals surface area contributed by atoms with Crippen molar-refractivity contribution in [1.29, 1.82) is 0 Å². The molecule has 0 radical (unpaired) electrons. The van der Waals surface area contributed by atoms with Crippen LogP contribution in [0.2, 0.25) is 0 Å². The van der Waals surface area contributed by atoms with Gasteiger partial charge in [-0.3, -0.25) is 4.79 Å². The Morgan fingerprint density at radius 1 is 1.21 bits per heavy atom. The minimum atomic E-state index is -1.09. The van der Waals surface area contributed by atoms with Crippen molar-refractivity contribution in [2.75, 3.05) is 7.11 Å². The Balaban J connectivity index is 1.76. The maximum atomic E-state index is 13.1. The summed E-state index contributed by atoms with van der Waals surface area (Å²) in [5, 5.41) is 16.5. The van der Waals surface area contributed by atoms with Gasteiger partial charge in [-0.2, -0.15) is 5.10 Å². The Labute approximate surface area is 199 Å². The van der Waals surface area contributed by atoms with Crippen LogP contribution in [0.5, 0.6) is 5.75 Å². The molecule has 2 amide bonds. The summed E-state index contributed by atoms with van der Waals surface area (Å²) in [6.45, 7) is 3.92. The number of methoxy groups -OCH3 is 1. The molecular weight excluding hydrogens is 436 g/mol. The van der Waals surface area contributed by atoms with Crippen LogP contribution in [-0.4, -0.2) is 57.0 Å². The van der Waals surface area contributed by atoms with E-state index in [-0.39, 0.29) is 30.1 Å². The number of amides is 2. The number of urea groups is 1. The van der Waals surface area contributed by atoms with Crippen LogP contribution in [0.4, 0.5) is 4.79 Å². The number of rotatable bonds is 8. The van der Waals surface area contributed by atoms with Crippen LogP contribution < -0.4 is 15.6 Å². The van der Waals surface area contributed by atoms with E-state index in [2.05, 4.69) is 10.4 Å². The molecule has 1 aliphatic rings. The number of aliphatic carboxylic acids is 1. The number of nitrogens with zero attached hydrogens (tertiary/aromatic N) is 3. The van der Waals surface area contributed by atoms with Crippen LogP contribution >= 0.6 is 0 Å². The normalized spacial score (nSPS) is 15.1. The first-order valence-corrected chi connectivity index (χ1v) is 11.7. The monoisotopic (exact) mass is 470 g/mol. The smallest absolute Gasteiger partial charge is 0.326 e. The fraction of sp³-hybridized carbons (Fsp3) is 0.520. The predicted molar refractivity (Wildman–Crippen MR) is 129 cm³/mol. The minimum Gasteiger partial charge on any atom is -0.494 e. The molecule has 0 aliphatic heterocycles. The number of nitrogens with one attached hydrogen (secondary N) is 1. The SMILES string of the molecule is COc1cnn(C)c(=O)c1-c1ccc(C[C@H](NC(=O)N(C(C)C)C2CCCCC2)C(=O)O)cc1. The van der Waals surface area contributed by atoms with Gasteiger partial charge >= 0.3 is 12.0 Å². The van der Waals surface area contributed by atoms with Crippen LogP contribution in [-0.2, 0) is 18.3 Å². The molecule has 0 saturated heterocycles. The summed E-state index contributed by atoms with van der Waals surface area (Å²) in [4.78, 5) is 39.4. The Hall–Kier alpha value is -3.36. The lowest BCUT2D eigenvalue weighted by molar-refractivity contribution is -0.139. The molecular formula is C25H34N4O5. The number of hydrogen-bond acceptors (Lipinski definition) is 5. The molecule has 9 heteroatoms. The van der Waals surface area contributed by atoms with Crippen molar-refractivity contribution in [2.45, 2.75) is 70.5 Å². The molecule has 34 heavy (non-hydrogen) atoms. The number of carboxylic acids is 1. The fourth-order valence-corrected chi connectivity index (χ4v) is 4.59. The van der Waals surface area contributed by atoms with Crippen molar-refractivity contribution in [1.82, 2.24) is 20.0 Å². The highest BCUT2D eigenvalue weighted by molar-refractivity contribution is 5.83. The number of benzene rings is 1. The van der Waals surface area contributed by atoms with E-state index < -0.39 is 12.0 Å². The van der Waals surface area contributed by atoms with E-state index in [0.29, 0.717) is 16.9 Å². The van der Waals surface area contributed by atoms with Gasteiger partial charge in [-0.05, 0) is 37.8 Å². The van der Waals surface area contributed by atoms with Gasteiger partial charge in [0.15, 0.2) is 5.75 Å². The molecule has 1 atom stereocenters. The van der Waals surface area contributed by atoms with E-state index >= 15 is 0 Å². The molecule has 1 aromatic carbocycles. The average molecular weight is 471 g/mol. The third-order valence-electron chi connectivity index (χ3n) is 6.36. The average Bonchev–Trinajstić information content (AvgIpc) is 2.81. The lowest BCUT2D eigenvalue weighted by Crippen LogP contribution is -2.54. The summed E-state index contributed by atoms with van der Waals surface area (Å²) < 4.78 is 6.52. The van der Waals surface area contributed by atoms with Gasteiger partial charge in [0, 0.05) is 25.6 Å². The van der Waals surface area contributed by atoms with E-state index in [1.54, 1.807) is 36.2 Å². The number of carbonyl (C=O) groups excluding carboxylic acids is 1. The van der Waals surface area contributed by atoms with Gasteiger partial charge in [0.2, 0.25) is 0 Å². The molecule has 1 aliphatic carbocycles. The van der Waals surface area contributed by atoms with Crippen LogP contribution in [0.1, 0.15) is 51.5 Å². The number of carbonyl (C=O) groups is 2. The topological polar surface area (TPSA) is 114 Å². The highest BCUT2D eigenvalue weighted by Crippen LogP contribution is 2.26. The summed E-state index contributed by atoms with van der Waals surface area (Å²) in [7, 11) is 3.04. The molecule has 1 saturated carbocycles. The molecule has 9 nitrogen and oxygen atoms in total. The van der Waals surface area contributed by atoms with Crippen molar-refractivity contribution in [3.8, 4) is 16.9 Å². The molecule has 2 N–H and O–H groups in total. The maximum Gasteiger partial charge on any atom is 0.326 e. The van der Waals surface area contributed by atoms with E-state index in [0.717, 1.165) is 31.2 Å². The van der Waals surface area contributed by atoms with Crippen LogP contribution in [0.15, 0.2) is 35.3 Å². The molecule has 2 aromatic rings. The van der Waals surface area contributed by atoms with Crippen LogP contribution in [0.3, 0.4) is 0 Å². The largest absolute Gasteiger partial charge is 0.494 e. The minimum absolute atomic E-state index is 0.0187. The Kier molecular flexibility index (Phi) is 8.31. The van der Waals surface area contributed by atoms with Gasteiger partial charge in [0.05, 0.1) is 18.9 Å². The quantitative estimate of drug-likeness (QED) is 0.612. The van der Waals surface area contributed by atoms with Crippen LogP contribution in [0, 0.1) is 0 Å². The number of carboxylic acid groups (broad SMARTS) is 1. The summed E-state index contributed by atoms with van der Waals surface area (Å²) >= 11 is 0. The zero-order valence-electron chi connectivity index (χ0n) is 20.3. The predicted octanol–water partition coefficient (Wildman–Crippen LogP) is 3.20. The molecule has 184 valence electrons. The molecule has 0 unspecified atom stereocenters. The molecule has 1 heterocycles. The maximum absolute atomic E-state index is 13.1. The second-order valence-electron chi connectivity index (χ2n) is 9.05. The number of ether oxygens (including phenoxy) is 1. The molecule has 0 bridgehead atoms. The third kappa shape index (κ3) is 5.76. The lowest BCUT2D eigenvalue weighted by Gasteiger charge is -2.38. The fourth-order valence-electron chi connectivity index (χ4n) is 4.59. The Morgan fingerprint density at radius 3 is 2.41 bits per heavy atom. The highest BCUT2D eigenvalue weighted by atomic mass is 16.5. The number of hydrogen-bond donors (Lipinski definition) is 2. The van der Waals surface area contributed by atoms with Crippen molar-refractivity contribution in [3.05, 3.63) is 46.4 Å². The second-order valence-corrected chi connectivity index (χ2v) is 9.05. The number of aryl methyl sites for hydroxylation is 1. The molecule has 1 aromatic heterocycles. The van der Waals surface area contributed by atoms with Gasteiger partial charge < -0.3 is 20.1 Å². The molecule has 0 spiro atoms. The molecule has 1 fully saturated rings. The lowest BCUT2D eigenvalue weighted by atomic mass is 9.93. The van der Waals surface area contributed by atoms with Gasteiger partial charge in [-0.15, -0.1) is 0 Å². The summed E-state index contributed by atoms with van der Waals surface area (Å²) in [6, 6.07) is 5.74. The van der Waals surface area contributed by atoms with Gasteiger partial charge in [0.1, 0.15) is 6.04 Å². The van der Waals surface area contributed by atoms with Crippen molar-refractivity contribution < 1.29 is 19.4 Å². The van der Waals surface area contributed by atoms with E-state index in [1.807, 2.05) is 13.8 Å². The van der Waals surface area contributed by atoms with E-state index in [4.69, 9.17) is 4.74 Å². The Morgan fingerprint density at radius 2 is 1.85 bits per heavy atom. The zero-order valence-corrected chi connectivity index (χ0v) is 20.3. The zero-order chi connectivity index (χ0) is 24.8. The highest BCUT2D eigenvalue weighted by Gasteiger charge is 2.30. The first-order chi connectivity index (χ1) is 16.2. The van der Waals surface area contributed by atoms with Gasteiger partial charge in [0.25, 0.3) is 5.56 Å². The van der Waals surface area contributed by atoms with E-state index in [9.17, 15) is 19.5 Å². The standard InChI is InChI=1S/C25H34N4O5/c1-16(2)29(19-8-6-5-7-9-19)25(33)27-20(24(31)32)14-17-10-12-18(13-11-17)22-21(34-4)15-26-28(3)23(22)30/h10-13,15-16,19-20H,5-9,14H2,1-4H3,(H,27,33)(H,31,32)/t20-/m0/s1. The first-order valence-electron chi connectivity index (χ1n) is 11.7. The van der Waals surface area contributed by atoms with Crippen molar-refractivity contribution in [3.63, 3.8) is 0 Å². The van der Waals surface area contributed by atoms with Gasteiger partial charge in [-0.1, -0.05) is 43.5 Å². The van der Waals surface area contributed by atoms with Crippen molar-refractivity contribution in [2.24, 2.45) is 7.05 Å². The summed E-state index contributed by atoms with van der Waals surface area (Å²) in [5.74, 6) is -0.725. The molecule has 3 rings (SSSR count). The number of aromatic nitrogens is 2. The summed E-state index contributed by atoms with van der Waals surface area (Å²) in [5.41, 5.74) is 1.46.